The molecule has 0 aliphatic carbocycles. The number of H-pyrrole nitrogens is 1. The van der Waals surface area contributed by atoms with Crippen LogP contribution < -0.4 is 26.8 Å². The van der Waals surface area contributed by atoms with Gasteiger partial charge in [-0.3, -0.25) is 9.78 Å². The highest BCUT2D eigenvalue weighted by Gasteiger charge is 2.21. The highest BCUT2D eigenvalue weighted by molar-refractivity contribution is 5.67. The second-order valence-electron chi connectivity index (χ2n) is 4.88. The van der Waals surface area contributed by atoms with E-state index in [1.54, 1.807) is 12.4 Å². The average molecular weight is 287 g/mol. The van der Waals surface area contributed by atoms with Gasteiger partial charge in [0.15, 0.2) is 5.82 Å². The van der Waals surface area contributed by atoms with Gasteiger partial charge in [0.05, 0.1) is 23.9 Å². The van der Waals surface area contributed by atoms with E-state index in [1.165, 1.54) is 6.33 Å². The fraction of sp³-hybridized carbons (Fsp3) is 0.308. The summed E-state index contributed by atoms with van der Waals surface area (Å²) in [5.74, 6) is 0.543. The molecule has 110 valence electrons. The summed E-state index contributed by atoms with van der Waals surface area (Å²) in [5.41, 5.74) is 13.2. The molecular formula is C13H17N7O. The van der Waals surface area contributed by atoms with Crippen molar-refractivity contribution in [1.29, 1.82) is 0 Å². The second kappa shape index (κ2) is 5.31. The number of hydrogen-bond donors (Lipinski definition) is 3. The number of anilines is 4. The Bertz CT molecular complexity index is 691. The fourth-order valence-corrected chi connectivity index (χ4v) is 2.50. The molecule has 1 fully saturated rings. The zero-order valence-electron chi connectivity index (χ0n) is 11.5. The number of aromatic amines is 1. The summed E-state index contributed by atoms with van der Waals surface area (Å²) in [4.78, 5) is 26.4. The van der Waals surface area contributed by atoms with Gasteiger partial charge in [-0.05, 0) is 6.07 Å². The van der Waals surface area contributed by atoms with E-state index >= 15 is 0 Å². The fourth-order valence-electron chi connectivity index (χ4n) is 2.50. The first-order valence-corrected chi connectivity index (χ1v) is 6.69. The van der Waals surface area contributed by atoms with E-state index in [1.807, 2.05) is 11.0 Å². The molecule has 1 aliphatic rings. The van der Waals surface area contributed by atoms with Crippen molar-refractivity contribution in [3.63, 3.8) is 0 Å². The molecule has 1 saturated heterocycles. The number of nitrogen functional groups attached to an aromatic ring is 2. The largest absolute Gasteiger partial charge is 0.396 e. The molecule has 0 bridgehead atoms. The van der Waals surface area contributed by atoms with Crippen LogP contribution in [0.1, 0.15) is 0 Å². The van der Waals surface area contributed by atoms with Crippen LogP contribution in [0.3, 0.4) is 0 Å². The van der Waals surface area contributed by atoms with Crippen LogP contribution in [0.25, 0.3) is 0 Å². The quantitative estimate of drug-likeness (QED) is 0.691. The summed E-state index contributed by atoms with van der Waals surface area (Å²) in [6.45, 7) is 3.01. The van der Waals surface area contributed by atoms with Crippen LogP contribution in [-0.2, 0) is 0 Å². The molecule has 21 heavy (non-hydrogen) atoms. The maximum atomic E-state index is 11.5. The third kappa shape index (κ3) is 2.47. The molecule has 2 aromatic rings. The molecule has 0 amide bonds. The number of nitrogens with two attached hydrogens (primary N) is 2. The molecule has 0 saturated carbocycles. The molecular weight excluding hydrogens is 270 g/mol. The minimum absolute atomic E-state index is 0.161. The van der Waals surface area contributed by atoms with Crippen LogP contribution in [0.2, 0.25) is 0 Å². The lowest BCUT2D eigenvalue weighted by Gasteiger charge is -2.37. The summed E-state index contributed by atoms with van der Waals surface area (Å²) in [6, 6.07) is 1.91. The molecule has 3 heterocycles. The lowest BCUT2D eigenvalue weighted by atomic mass is 10.2. The molecule has 8 nitrogen and oxygen atoms in total. The summed E-state index contributed by atoms with van der Waals surface area (Å²) >= 11 is 0. The number of aromatic nitrogens is 3. The van der Waals surface area contributed by atoms with Crippen LogP contribution in [-0.4, -0.2) is 41.1 Å². The zero-order chi connectivity index (χ0) is 14.8. The number of nitrogens with one attached hydrogen (secondary N) is 1. The van der Waals surface area contributed by atoms with Gasteiger partial charge < -0.3 is 26.3 Å². The Morgan fingerprint density at radius 3 is 2.57 bits per heavy atom. The third-order valence-electron chi connectivity index (χ3n) is 3.62. The smallest absolute Gasteiger partial charge is 0.276 e. The van der Waals surface area contributed by atoms with Crippen molar-refractivity contribution in [3.05, 3.63) is 35.1 Å². The maximum Gasteiger partial charge on any atom is 0.276 e. The van der Waals surface area contributed by atoms with Crippen molar-refractivity contribution >= 4 is 22.9 Å². The van der Waals surface area contributed by atoms with Gasteiger partial charge in [-0.2, -0.15) is 0 Å². The first kappa shape index (κ1) is 13.2. The van der Waals surface area contributed by atoms with Crippen LogP contribution in [0.15, 0.2) is 29.6 Å². The summed E-state index contributed by atoms with van der Waals surface area (Å²) in [6.07, 6.45) is 4.76. The van der Waals surface area contributed by atoms with Crippen LogP contribution >= 0.6 is 0 Å². The van der Waals surface area contributed by atoms with Crippen molar-refractivity contribution in [1.82, 2.24) is 15.0 Å². The molecule has 0 unspecified atom stereocenters. The highest BCUT2D eigenvalue weighted by Crippen LogP contribution is 2.24. The van der Waals surface area contributed by atoms with E-state index in [9.17, 15) is 4.79 Å². The van der Waals surface area contributed by atoms with Crippen molar-refractivity contribution in [3.8, 4) is 0 Å². The van der Waals surface area contributed by atoms with Crippen molar-refractivity contribution in [2.45, 2.75) is 0 Å². The first-order valence-electron chi connectivity index (χ1n) is 6.69. The van der Waals surface area contributed by atoms with Crippen LogP contribution in [0.4, 0.5) is 22.9 Å². The molecule has 1 aliphatic heterocycles. The lowest BCUT2D eigenvalue weighted by molar-refractivity contribution is 0.647. The van der Waals surface area contributed by atoms with Crippen molar-refractivity contribution in [2.24, 2.45) is 0 Å². The lowest BCUT2D eigenvalue weighted by Crippen LogP contribution is -2.47. The van der Waals surface area contributed by atoms with Gasteiger partial charge in [0.1, 0.15) is 5.69 Å². The molecule has 0 radical (unpaired) electrons. The van der Waals surface area contributed by atoms with Gasteiger partial charge in [-0.15, -0.1) is 0 Å². The zero-order valence-corrected chi connectivity index (χ0v) is 11.5. The highest BCUT2D eigenvalue weighted by atomic mass is 16.1. The topological polar surface area (TPSA) is 117 Å². The van der Waals surface area contributed by atoms with Gasteiger partial charge in [0.25, 0.3) is 5.56 Å². The minimum Gasteiger partial charge on any atom is -0.396 e. The van der Waals surface area contributed by atoms with Gasteiger partial charge in [0, 0.05) is 32.4 Å². The minimum atomic E-state index is -0.305. The van der Waals surface area contributed by atoms with Crippen LogP contribution in [0, 0.1) is 0 Å². The van der Waals surface area contributed by atoms with E-state index < -0.39 is 0 Å². The van der Waals surface area contributed by atoms with Gasteiger partial charge >= 0.3 is 0 Å². The summed E-state index contributed by atoms with van der Waals surface area (Å²) in [5, 5.41) is 0. The SMILES string of the molecule is Nc1cnccc1N1CCN(c2nc[nH]c(=O)c2N)CC1. The van der Waals surface area contributed by atoms with Gasteiger partial charge in [0.2, 0.25) is 0 Å². The number of pyridine rings is 1. The predicted molar refractivity (Wildman–Crippen MR) is 82.3 cm³/mol. The van der Waals surface area contributed by atoms with E-state index in [2.05, 4.69) is 19.9 Å². The summed E-state index contributed by atoms with van der Waals surface area (Å²) in [7, 11) is 0. The molecule has 5 N–H and O–H groups in total. The maximum absolute atomic E-state index is 11.5. The number of piperazine rings is 1. The Hall–Kier alpha value is -2.77. The van der Waals surface area contributed by atoms with Crippen molar-refractivity contribution in [2.75, 3.05) is 47.4 Å². The van der Waals surface area contributed by atoms with Crippen LogP contribution in [0.5, 0.6) is 0 Å². The van der Waals surface area contributed by atoms with Gasteiger partial charge in [-0.1, -0.05) is 0 Å². The normalized spacial score (nSPS) is 15.2. The Kier molecular flexibility index (Phi) is 3.35. The molecule has 0 atom stereocenters. The average Bonchev–Trinajstić information content (AvgIpc) is 2.51. The second-order valence-corrected chi connectivity index (χ2v) is 4.88. The van der Waals surface area contributed by atoms with Crippen molar-refractivity contribution < 1.29 is 0 Å². The van der Waals surface area contributed by atoms with E-state index in [0.717, 1.165) is 31.9 Å². The molecule has 3 rings (SSSR count). The Labute approximate surface area is 121 Å². The standard InChI is InChI=1S/C13H17N7O/c14-9-7-16-2-1-10(9)19-3-5-20(6-4-19)12-11(15)13(21)18-8-17-12/h1-2,7-8H,3-6,14-15H2,(H,17,18,21). The molecule has 0 aromatic carbocycles. The number of rotatable bonds is 2. The predicted octanol–water partition coefficient (Wildman–Crippen LogP) is -0.344. The Morgan fingerprint density at radius 1 is 1.14 bits per heavy atom. The Balaban J connectivity index is 1.75. The molecule has 0 spiro atoms. The van der Waals surface area contributed by atoms with Gasteiger partial charge in [-0.25, -0.2) is 4.98 Å². The summed E-state index contributed by atoms with van der Waals surface area (Å²) < 4.78 is 0. The van der Waals surface area contributed by atoms with E-state index in [-0.39, 0.29) is 11.2 Å². The molecule has 2 aromatic heterocycles. The first-order chi connectivity index (χ1) is 10.2. The number of hydrogen-bond acceptors (Lipinski definition) is 7. The van der Waals surface area contributed by atoms with E-state index in [4.69, 9.17) is 11.5 Å². The van der Waals surface area contributed by atoms with E-state index in [0.29, 0.717) is 11.5 Å². The third-order valence-corrected chi connectivity index (χ3v) is 3.62. The molecule has 8 heteroatoms. The number of nitrogens with zero attached hydrogens (tertiary/aromatic N) is 4. The monoisotopic (exact) mass is 287 g/mol. The Morgan fingerprint density at radius 2 is 1.86 bits per heavy atom.